The number of carbonyl (C=O) groups is 1. The van der Waals surface area contributed by atoms with E-state index in [0.717, 1.165) is 22.3 Å². The molecule has 38 heavy (non-hydrogen) atoms. The normalized spacial score (nSPS) is 15.9. The Balaban J connectivity index is 1.92. The lowest BCUT2D eigenvalue weighted by Gasteiger charge is -2.47. The second kappa shape index (κ2) is 11.7. The summed E-state index contributed by atoms with van der Waals surface area (Å²) >= 11 is 0.359. The van der Waals surface area contributed by atoms with Gasteiger partial charge in [-0.1, -0.05) is 57.2 Å². The number of halogens is 1. The van der Waals surface area contributed by atoms with Gasteiger partial charge in [0.25, 0.3) is 0 Å². The number of hydrogen-bond acceptors (Lipinski definition) is 5. The highest BCUT2D eigenvalue weighted by Crippen LogP contribution is 2.44. The van der Waals surface area contributed by atoms with Crippen LogP contribution in [0, 0.1) is 26.2 Å². The minimum Gasteiger partial charge on any atom is -0.588 e. The summed E-state index contributed by atoms with van der Waals surface area (Å²) in [5, 5.41) is 15.9. The van der Waals surface area contributed by atoms with Gasteiger partial charge in [0.2, 0.25) is 0 Å². The molecule has 3 atom stereocenters. The average Bonchev–Trinajstić information content (AvgIpc) is 3.22. The van der Waals surface area contributed by atoms with Crippen LogP contribution in [-0.2, 0) is 22.6 Å². The van der Waals surface area contributed by atoms with Crippen LogP contribution in [-0.4, -0.2) is 42.0 Å². The summed E-state index contributed by atoms with van der Waals surface area (Å²) in [7, 11) is 1.46. The maximum Gasteiger partial charge on any atom is 0.355 e. The van der Waals surface area contributed by atoms with E-state index in [-0.39, 0.29) is 5.69 Å². The summed E-state index contributed by atoms with van der Waals surface area (Å²) in [4.78, 5) is 13.9. The molecule has 2 N–H and O–H groups in total. The fourth-order valence-electron chi connectivity index (χ4n) is 3.96. The van der Waals surface area contributed by atoms with Crippen LogP contribution in [0.1, 0.15) is 67.4 Å². The number of nitrogens with zero attached hydrogens (tertiary/aromatic N) is 2. The third-order valence-electron chi connectivity index (χ3n) is 7.19. The number of amides is 1. The molecule has 3 unspecified atom stereocenters. The molecule has 0 saturated heterocycles. The Bertz CT molecular complexity index is 1280. The van der Waals surface area contributed by atoms with Crippen molar-refractivity contribution in [3.05, 3.63) is 76.5 Å². The van der Waals surface area contributed by atoms with Crippen LogP contribution in [0.3, 0.4) is 0 Å². The lowest BCUT2D eigenvalue weighted by molar-refractivity contribution is -0.119. The van der Waals surface area contributed by atoms with Gasteiger partial charge in [0, 0.05) is 5.56 Å². The van der Waals surface area contributed by atoms with Gasteiger partial charge in [-0.2, -0.15) is 9.82 Å². The maximum absolute atomic E-state index is 13.4. The predicted molar refractivity (Wildman–Crippen MR) is 161 cm³/mol. The summed E-state index contributed by atoms with van der Waals surface area (Å²) in [6.07, 6.45) is 0. The van der Waals surface area contributed by atoms with Crippen LogP contribution < -0.4 is 10.3 Å². The highest BCUT2D eigenvalue weighted by molar-refractivity contribution is 14.1. The van der Waals surface area contributed by atoms with Crippen LogP contribution in [0.25, 0.3) is 0 Å². The number of aryl methyl sites for hydroxylation is 3. The Kier molecular flexibility index (Phi) is 9.46. The third-order valence-corrected chi connectivity index (χ3v) is 9.73. The van der Waals surface area contributed by atoms with Crippen molar-refractivity contribution >= 4 is 52.9 Å². The molecule has 1 aromatic heterocycles. The van der Waals surface area contributed by atoms with E-state index in [9.17, 15) is 14.5 Å². The molecule has 2 aromatic carbocycles. The number of nitrogens with one attached hydrogen (secondary N) is 1. The van der Waals surface area contributed by atoms with E-state index in [0.29, 0.717) is 17.0 Å². The molecule has 0 spiro atoms. The molecule has 0 aliphatic heterocycles. The fourth-order valence-corrected chi connectivity index (χ4v) is 5.84. The van der Waals surface area contributed by atoms with Crippen LogP contribution in [0.2, 0.25) is 0 Å². The van der Waals surface area contributed by atoms with E-state index in [1.807, 2.05) is 78.8 Å². The number of aromatic nitrogens is 2. The maximum atomic E-state index is 13.4. The van der Waals surface area contributed by atoms with Crippen molar-refractivity contribution in [3.8, 4) is 0 Å². The summed E-state index contributed by atoms with van der Waals surface area (Å²) in [6.45, 7) is 15.6. The summed E-state index contributed by atoms with van der Waals surface area (Å²) in [5.74, 6) is -0.510. The lowest BCUT2D eigenvalue weighted by Crippen LogP contribution is -2.56. The molecule has 0 saturated carbocycles. The molecule has 3 rings (SSSR count). The van der Waals surface area contributed by atoms with Crippen molar-refractivity contribution in [2.75, 3.05) is 0 Å². The standard InChI is InChI=1S/C28H36BIN3O4S/c1-18-13-11-14-19(2)21(18)17-33-22(25(34)32-38(36)23-15-10-9-12-20(23)3)16-24(31-33)29-37-28(8,30)27(7,35)26(4,5)6/h9-16,35H,17H2,1-8H3,(H,32,34). The highest BCUT2D eigenvalue weighted by atomic mass is 127. The summed E-state index contributed by atoms with van der Waals surface area (Å²) < 4.78 is 22.3. The molecule has 3 aromatic rings. The van der Waals surface area contributed by atoms with E-state index in [1.54, 1.807) is 29.8 Å². The molecule has 0 aliphatic rings. The average molecular weight is 648 g/mol. The zero-order valence-electron chi connectivity index (χ0n) is 23.3. The molecule has 1 radical (unpaired) electrons. The van der Waals surface area contributed by atoms with Gasteiger partial charge in [0.1, 0.15) is 26.3 Å². The number of rotatable bonds is 9. The number of benzene rings is 2. The first kappa shape index (κ1) is 30.7. The van der Waals surface area contributed by atoms with Gasteiger partial charge in [-0.3, -0.25) is 9.48 Å². The first-order valence-electron chi connectivity index (χ1n) is 12.4. The summed E-state index contributed by atoms with van der Waals surface area (Å²) in [6, 6.07) is 14.9. The number of carbonyl (C=O) groups excluding carboxylic acids is 1. The lowest BCUT2D eigenvalue weighted by atomic mass is 9.74. The van der Waals surface area contributed by atoms with Gasteiger partial charge in [-0.25, -0.2) is 0 Å². The Morgan fingerprint density at radius 2 is 1.66 bits per heavy atom. The molecular formula is C28H36BIN3O4S. The Morgan fingerprint density at radius 1 is 1.08 bits per heavy atom. The van der Waals surface area contributed by atoms with Crippen LogP contribution in [0.5, 0.6) is 0 Å². The second-order valence-electron chi connectivity index (χ2n) is 10.9. The van der Waals surface area contributed by atoms with Crippen LogP contribution in [0.15, 0.2) is 53.4 Å². The quantitative estimate of drug-likeness (QED) is 0.154. The zero-order valence-corrected chi connectivity index (χ0v) is 26.2. The van der Waals surface area contributed by atoms with Crippen LogP contribution in [0.4, 0.5) is 0 Å². The van der Waals surface area contributed by atoms with Gasteiger partial charge >= 0.3 is 13.4 Å². The van der Waals surface area contributed by atoms with Crippen molar-refractivity contribution in [2.24, 2.45) is 5.41 Å². The van der Waals surface area contributed by atoms with Crippen molar-refractivity contribution in [1.82, 2.24) is 14.5 Å². The second-order valence-corrected chi connectivity index (χ2v) is 14.2. The minimum absolute atomic E-state index is 0.252. The predicted octanol–water partition coefficient (Wildman–Crippen LogP) is 4.52. The van der Waals surface area contributed by atoms with Gasteiger partial charge in [-0.05, 0) is 91.4 Å². The third kappa shape index (κ3) is 6.64. The summed E-state index contributed by atoms with van der Waals surface area (Å²) in [5.41, 5.74) is 3.07. The van der Waals surface area contributed by atoms with Gasteiger partial charge in [0.15, 0.2) is 4.90 Å². The first-order valence-corrected chi connectivity index (χ1v) is 14.6. The molecule has 1 amide bonds. The molecule has 0 bridgehead atoms. The molecular weight excluding hydrogens is 612 g/mol. The molecule has 10 heteroatoms. The molecule has 1 heterocycles. The van der Waals surface area contributed by atoms with E-state index >= 15 is 0 Å². The van der Waals surface area contributed by atoms with E-state index in [2.05, 4.69) is 32.4 Å². The minimum atomic E-state index is -1.74. The highest BCUT2D eigenvalue weighted by Gasteiger charge is 2.50. The Morgan fingerprint density at radius 3 is 2.24 bits per heavy atom. The molecule has 0 fully saturated rings. The van der Waals surface area contributed by atoms with E-state index in [1.165, 1.54) is 7.48 Å². The molecule has 7 nitrogen and oxygen atoms in total. The number of aliphatic hydroxyl groups is 1. The van der Waals surface area contributed by atoms with E-state index < -0.39 is 31.9 Å². The Hall–Kier alpha value is -1.86. The van der Waals surface area contributed by atoms with E-state index in [4.69, 9.17) is 4.65 Å². The fraction of sp³-hybridized carbons (Fsp3) is 0.429. The topological polar surface area (TPSA) is 99.4 Å². The van der Waals surface area contributed by atoms with Crippen molar-refractivity contribution in [3.63, 3.8) is 0 Å². The SMILES string of the molecule is Cc1ccccc1[S+]([O-])NC(=O)c1cc([B]OC(C)(I)C(C)(O)C(C)(C)C)nn1Cc1c(C)cccc1C. The van der Waals surface area contributed by atoms with Crippen molar-refractivity contribution in [2.45, 2.75) is 76.0 Å². The molecule has 0 aliphatic carbocycles. The van der Waals surface area contributed by atoms with Gasteiger partial charge < -0.3 is 14.3 Å². The van der Waals surface area contributed by atoms with Gasteiger partial charge in [-0.15, -0.1) is 0 Å². The monoisotopic (exact) mass is 648 g/mol. The van der Waals surface area contributed by atoms with Crippen LogP contribution >= 0.6 is 22.6 Å². The first-order chi connectivity index (χ1) is 17.5. The number of hydrogen-bond donors (Lipinski definition) is 2. The number of alkyl halides is 1. The van der Waals surface area contributed by atoms with Crippen molar-refractivity contribution in [1.29, 1.82) is 0 Å². The largest absolute Gasteiger partial charge is 0.588 e. The smallest absolute Gasteiger partial charge is 0.355 e. The Labute approximate surface area is 243 Å². The van der Waals surface area contributed by atoms with Gasteiger partial charge in [0.05, 0.1) is 12.1 Å². The van der Waals surface area contributed by atoms with Crippen molar-refractivity contribution < 1.29 is 19.1 Å². The zero-order chi connectivity index (χ0) is 28.5. The molecule has 203 valence electrons.